The van der Waals surface area contributed by atoms with Crippen LogP contribution < -0.4 is 5.32 Å². The van der Waals surface area contributed by atoms with Gasteiger partial charge in [-0.15, -0.1) is 0 Å². The van der Waals surface area contributed by atoms with Gasteiger partial charge in [0, 0.05) is 0 Å². The summed E-state index contributed by atoms with van der Waals surface area (Å²) in [6, 6.07) is 0.0679. The summed E-state index contributed by atoms with van der Waals surface area (Å²) >= 11 is 0. The molecule has 27 heavy (non-hydrogen) atoms. The van der Waals surface area contributed by atoms with Crippen LogP contribution in [0.5, 0.6) is 0 Å². The number of ether oxygens (including phenoxy) is 2. The lowest BCUT2D eigenvalue weighted by Gasteiger charge is -2.56. The second-order valence-corrected chi connectivity index (χ2v) is 11.2. The highest BCUT2D eigenvalue weighted by atomic mass is 16.5. The predicted octanol–water partition coefficient (Wildman–Crippen LogP) is 4.42. The van der Waals surface area contributed by atoms with Crippen molar-refractivity contribution in [1.82, 2.24) is 5.32 Å². The molecule has 0 atom stereocenters. The maximum atomic E-state index is 8.34. The van der Waals surface area contributed by atoms with Gasteiger partial charge in [-0.1, -0.05) is 0 Å². The molecule has 0 radical (unpaired) electrons. The van der Waals surface area contributed by atoms with Gasteiger partial charge in [-0.25, -0.2) is 0 Å². The third-order valence-corrected chi connectivity index (χ3v) is 8.83. The second-order valence-electron chi connectivity index (χ2n) is 11.2. The monoisotopic (exact) mass is 371 g/mol. The standard InChI is InChI=1S/C22H33N3O2/c23-19(26-21-7-13-1-14(8-21)3-15(2-13)9-21)25-20(24)27-22-10-16-4-17(11-22)6-18(5-16)12-22/h13-18H,1-12H2,(H3,23,24,25). The molecule has 8 aliphatic rings. The second kappa shape index (κ2) is 5.64. The highest BCUT2D eigenvalue weighted by molar-refractivity contribution is 5.90. The van der Waals surface area contributed by atoms with Crippen molar-refractivity contribution in [1.29, 1.82) is 10.8 Å². The summed E-state index contributed by atoms with van der Waals surface area (Å²) in [6.07, 6.45) is 14.8. The molecule has 0 aliphatic heterocycles. The van der Waals surface area contributed by atoms with Gasteiger partial charge < -0.3 is 9.47 Å². The molecule has 0 spiro atoms. The minimum atomic E-state index is -0.139. The number of hydrogen-bond donors (Lipinski definition) is 3. The van der Waals surface area contributed by atoms with Gasteiger partial charge >= 0.3 is 0 Å². The zero-order valence-electron chi connectivity index (χ0n) is 16.3. The van der Waals surface area contributed by atoms with E-state index in [1.54, 1.807) is 0 Å². The molecule has 3 N–H and O–H groups in total. The molecule has 8 fully saturated rings. The van der Waals surface area contributed by atoms with Crippen LogP contribution >= 0.6 is 0 Å². The van der Waals surface area contributed by atoms with Crippen LogP contribution in [0.3, 0.4) is 0 Å². The molecule has 8 saturated carbocycles. The fourth-order valence-corrected chi connectivity index (χ4v) is 8.90. The summed E-state index contributed by atoms with van der Waals surface area (Å²) in [6.45, 7) is 0. The average molecular weight is 372 g/mol. The van der Waals surface area contributed by atoms with Gasteiger partial charge in [0.2, 0.25) is 0 Å². The first-order chi connectivity index (χ1) is 13.0. The minimum absolute atomic E-state index is 0.0340. The molecule has 5 heteroatoms. The zero-order chi connectivity index (χ0) is 18.2. The highest BCUT2D eigenvalue weighted by Gasteiger charge is 2.54. The van der Waals surface area contributed by atoms with E-state index in [0.29, 0.717) is 0 Å². The lowest BCUT2D eigenvalue weighted by molar-refractivity contribution is -0.121. The topological polar surface area (TPSA) is 78.2 Å². The fourth-order valence-electron chi connectivity index (χ4n) is 8.90. The minimum Gasteiger partial charge on any atom is -0.458 e. The first-order valence-corrected chi connectivity index (χ1v) is 11.3. The van der Waals surface area contributed by atoms with E-state index in [0.717, 1.165) is 74.0 Å². The molecule has 0 aromatic rings. The van der Waals surface area contributed by atoms with Gasteiger partial charge in [-0.2, -0.15) is 0 Å². The van der Waals surface area contributed by atoms with Crippen molar-refractivity contribution in [3.63, 3.8) is 0 Å². The molecule has 148 valence electrons. The van der Waals surface area contributed by atoms with E-state index in [1.807, 2.05) is 0 Å². The van der Waals surface area contributed by atoms with Crippen LogP contribution in [0.25, 0.3) is 0 Å². The number of hydrogen-bond acceptors (Lipinski definition) is 4. The van der Waals surface area contributed by atoms with E-state index < -0.39 is 0 Å². The predicted molar refractivity (Wildman–Crippen MR) is 103 cm³/mol. The van der Waals surface area contributed by atoms with Crippen LogP contribution in [-0.4, -0.2) is 23.2 Å². The summed E-state index contributed by atoms with van der Waals surface area (Å²) in [4.78, 5) is 0. The van der Waals surface area contributed by atoms with Crippen molar-refractivity contribution in [3.05, 3.63) is 0 Å². The largest absolute Gasteiger partial charge is 0.458 e. The van der Waals surface area contributed by atoms with Crippen LogP contribution in [0, 0.1) is 46.3 Å². The average Bonchev–Trinajstić information content (AvgIpc) is 2.50. The summed E-state index contributed by atoms with van der Waals surface area (Å²) in [5.74, 6) is 4.79. The van der Waals surface area contributed by atoms with Crippen molar-refractivity contribution >= 4 is 12.0 Å². The third kappa shape index (κ3) is 2.87. The fraction of sp³-hybridized carbons (Fsp3) is 0.909. The highest BCUT2D eigenvalue weighted by Crippen LogP contribution is 2.58. The van der Waals surface area contributed by atoms with E-state index in [4.69, 9.17) is 20.3 Å². The lowest BCUT2D eigenvalue weighted by atomic mass is 9.54. The van der Waals surface area contributed by atoms with Crippen molar-refractivity contribution in [2.24, 2.45) is 35.5 Å². The molecule has 0 aromatic carbocycles. The molecule has 8 rings (SSSR count). The maximum absolute atomic E-state index is 8.34. The van der Waals surface area contributed by atoms with Gasteiger partial charge in [0.25, 0.3) is 12.0 Å². The Balaban J connectivity index is 1.08. The molecule has 0 unspecified atom stereocenters. The van der Waals surface area contributed by atoms with E-state index in [1.165, 1.54) is 38.5 Å². The van der Waals surface area contributed by atoms with Gasteiger partial charge in [-0.3, -0.25) is 16.1 Å². The summed E-state index contributed by atoms with van der Waals surface area (Å²) in [5.41, 5.74) is -0.278. The third-order valence-electron chi connectivity index (χ3n) is 8.83. The SMILES string of the molecule is N=C(NC(=N)OC12CC3CC(CC(C3)C1)C2)OC12CC3CC(CC(C3)C1)C2. The van der Waals surface area contributed by atoms with Gasteiger partial charge in [0.05, 0.1) is 0 Å². The summed E-state index contributed by atoms with van der Waals surface area (Å²) in [7, 11) is 0. The molecule has 8 bridgehead atoms. The van der Waals surface area contributed by atoms with Crippen LogP contribution in [-0.2, 0) is 9.47 Å². The Morgan fingerprint density at radius 1 is 0.556 bits per heavy atom. The van der Waals surface area contributed by atoms with Crippen LogP contribution in [0.2, 0.25) is 0 Å². The molecule has 8 aliphatic carbocycles. The van der Waals surface area contributed by atoms with Crippen molar-refractivity contribution in [2.75, 3.05) is 0 Å². The molecule has 0 aromatic heterocycles. The van der Waals surface area contributed by atoms with E-state index in [-0.39, 0.29) is 23.2 Å². The van der Waals surface area contributed by atoms with E-state index in [9.17, 15) is 0 Å². The van der Waals surface area contributed by atoms with Crippen LogP contribution in [0.4, 0.5) is 0 Å². The van der Waals surface area contributed by atoms with E-state index in [2.05, 4.69) is 5.32 Å². The quantitative estimate of drug-likeness (QED) is 0.497. The Morgan fingerprint density at radius 3 is 1.07 bits per heavy atom. The van der Waals surface area contributed by atoms with Crippen molar-refractivity contribution < 1.29 is 9.47 Å². The van der Waals surface area contributed by atoms with Gasteiger partial charge in [0.1, 0.15) is 11.2 Å². The molecule has 0 saturated heterocycles. The number of rotatable bonds is 2. The Morgan fingerprint density at radius 2 is 0.815 bits per heavy atom. The Kier molecular flexibility index (Phi) is 3.48. The molecule has 5 nitrogen and oxygen atoms in total. The van der Waals surface area contributed by atoms with Crippen molar-refractivity contribution in [3.8, 4) is 0 Å². The Hall–Kier alpha value is -1.26. The first kappa shape index (κ1) is 16.7. The molecule has 0 amide bonds. The zero-order valence-corrected chi connectivity index (χ0v) is 16.3. The Bertz CT molecular complexity index is 546. The van der Waals surface area contributed by atoms with Crippen LogP contribution in [0.1, 0.15) is 77.0 Å². The maximum Gasteiger partial charge on any atom is 0.290 e. The van der Waals surface area contributed by atoms with E-state index >= 15 is 0 Å². The van der Waals surface area contributed by atoms with Crippen LogP contribution in [0.15, 0.2) is 0 Å². The molecular weight excluding hydrogens is 338 g/mol. The summed E-state index contributed by atoms with van der Waals surface area (Å²) < 4.78 is 12.4. The normalized spacial score (nSPS) is 51.3. The van der Waals surface area contributed by atoms with Crippen molar-refractivity contribution in [2.45, 2.75) is 88.3 Å². The number of amidine groups is 2. The smallest absolute Gasteiger partial charge is 0.290 e. The molecular formula is C22H33N3O2. The lowest BCUT2D eigenvalue weighted by Crippen LogP contribution is -2.56. The Labute approximate surface area is 162 Å². The summed E-state index contributed by atoms with van der Waals surface area (Å²) in [5, 5.41) is 19.5. The van der Waals surface area contributed by atoms with Gasteiger partial charge in [-0.05, 0) is 113 Å². The van der Waals surface area contributed by atoms with Gasteiger partial charge in [0.15, 0.2) is 0 Å². The molecule has 0 heterocycles. The number of nitrogens with one attached hydrogen (secondary N) is 3. The first-order valence-electron chi connectivity index (χ1n) is 11.3.